The summed E-state index contributed by atoms with van der Waals surface area (Å²) in [5.74, 6) is 0.302. The Balaban J connectivity index is 0.00000364. The summed E-state index contributed by atoms with van der Waals surface area (Å²) >= 11 is 0. The van der Waals surface area contributed by atoms with Crippen LogP contribution in [0.3, 0.4) is 0 Å². The molecule has 0 aliphatic carbocycles. The van der Waals surface area contributed by atoms with Crippen LogP contribution in [0.2, 0.25) is 0 Å². The van der Waals surface area contributed by atoms with Crippen molar-refractivity contribution >= 4 is 47.9 Å². The molecule has 0 unspecified atom stereocenters. The average molecular weight is 429 g/mol. The molecule has 0 radical (unpaired) electrons. The normalized spacial score (nSPS) is 11.1. The molecule has 0 bridgehead atoms. The van der Waals surface area contributed by atoms with Crippen LogP contribution in [0, 0.1) is 20.2 Å². The van der Waals surface area contributed by atoms with Crippen LogP contribution in [0.1, 0.15) is 11.1 Å². The first kappa shape index (κ1) is 24.8. The van der Waals surface area contributed by atoms with Crippen LogP contribution >= 0.6 is 24.8 Å². The van der Waals surface area contributed by atoms with Crippen LogP contribution in [-0.4, -0.2) is 34.6 Å². The Labute approximate surface area is 172 Å². The molecule has 28 heavy (non-hydrogen) atoms. The van der Waals surface area contributed by atoms with E-state index in [2.05, 4.69) is 9.98 Å². The zero-order valence-electron chi connectivity index (χ0n) is 14.4. The van der Waals surface area contributed by atoms with Gasteiger partial charge in [0.15, 0.2) is 0 Å². The molecule has 2 rings (SSSR count). The number of non-ortho nitro benzene ring substituents is 2. The second-order valence-electron chi connectivity index (χ2n) is 5.15. The van der Waals surface area contributed by atoms with Crippen molar-refractivity contribution in [3.63, 3.8) is 0 Å². The van der Waals surface area contributed by atoms with Crippen molar-refractivity contribution in [2.75, 3.05) is 13.1 Å². The number of benzene rings is 2. The lowest BCUT2D eigenvalue weighted by Crippen LogP contribution is -2.16. The Hall–Kier alpha value is -3.24. The Bertz CT molecular complexity index is 831. The maximum absolute atomic E-state index is 10.8. The van der Waals surface area contributed by atoms with Crippen LogP contribution in [0.25, 0.3) is 0 Å². The summed E-state index contributed by atoms with van der Waals surface area (Å²) in [4.78, 5) is 28.7. The second kappa shape index (κ2) is 11.5. The van der Waals surface area contributed by atoms with Gasteiger partial charge < -0.3 is 11.5 Å². The molecule has 0 saturated heterocycles. The Morgan fingerprint density at radius 1 is 0.786 bits per heavy atom. The largest absolute Gasteiger partial charge is 0.384 e. The molecule has 0 aromatic heterocycles. The predicted octanol–water partition coefficient (Wildman–Crippen LogP) is 2.46. The van der Waals surface area contributed by atoms with E-state index >= 15 is 0 Å². The van der Waals surface area contributed by atoms with Gasteiger partial charge in [0.05, 0.1) is 22.9 Å². The van der Waals surface area contributed by atoms with Crippen LogP contribution in [0.5, 0.6) is 0 Å². The van der Waals surface area contributed by atoms with Crippen LogP contribution in [0.4, 0.5) is 11.4 Å². The highest BCUT2D eigenvalue weighted by Gasteiger charge is 2.08. The molecular formula is C16H18Cl2N6O4. The third-order valence-corrected chi connectivity index (χ3v) is 3.37. The molecule has 2 aromatic rings. The van der Waals surface area contributed by atoms with Gasteiger partial charge in [-0.3, -0.25) is 30.2 Å². The third kappa shape index (κ3) is 6.82. The molecule has 2 aromatic carbocycles. The van der Waals surface area contributed by atoms with Crippen molar-refractivity contribution < 1.29 is 9.85 Å². The van der Waals surface area contributed by atoms with Crippen LogP contribution in [-0.2, 0) is 0 Å². The molecule has 0 atom stereocenters. The number of rotatable bonds is 7. The SMILES string of the molecule is Cl.Cl.NC(=NCCN=C(N)c1cccc([N+](=O)[O-])c1)c1cccc([N+](=O)[O-])c1. The summed E-state index contributed by atoms with van der Waals surface area (Å²) in [5, 5.41) is 21.5. The number of aliphatic imine (C=N–C) groups is 2. The molecule has 0 heterocycles. The first-order chi connectivity index (χ1) is 12.4. The Morgan fingerprint density at radius 3 is 1.46 bits per heavy atom. The molecule has 0 amide bonds. The smallest absolute Gasteiger partial charge is 0.270 e. The van der Waals surface area contributed by atoms with Gasteiger partial charge in [-0.05, 0) is 0 Å². The van der Waals surface area contributed by atoms with E-state index in [1.807, 2.05) is 0 Å². The number of nitrogens with zero attached hydrogens (tertiary/aromatic N) is 4. The lowest BCUT2D eigenvalue weighted by Gasteiger charge is -2.02. The number of hydrogen-bond acceptors (Lipinski definition) is 6. The van der Waals surface area contributed by atoms with Crippen LogP contribution in [0.15, 0.2) is 58.5 Å². The third-order valence-electron chi connectivity index (χ3n) is 3.37. The summed E-state index contributed by atoms with van der Waals surface area (Å²) in [6, 6.07) is 11.7. The Morgan fingerprint density at radius 2 is 1.14 bits per heavy atom. The van der Waals surface area contributed by atoms with E-state index in [0.29, 0.717) is 11.1 Å². The van der Waals surface area contributed by atoms with Crippen LogP contribution < -0.4 is 11.5 Å². The topological polar surface area (TPSA) is 163 Å². The van der Waals surface area contributed by atoms with Crippen molar-refractivity contribution in [1.82, 2.24) is 0 Å². The van der Waals surface area contributed by atoms with E-state index in [9.17, 15) is 20.2 Å². The highest BCUT2D eigenvalue weighted by Crippen LogP contribution is 2.13. The fourth-order valence-corrected chi connectivity index (χ4v) is 2.08. The van der Waals surface area contributed by atoms with Gasteiger partial charge in [-0.25, -0.2) is 0 Å². The number of nitro benzene ring substituents is 2. The molecule has 0 spiro atoms. The van der Waals surface area contributed by atoms with Gasteiger partial charge in [0, 0.05) is 35.4 Å². The minimum atomic E-state index is -0.513. The molecular weight excluding hydrogens is 411 g/mol. The zero-order chi connectivity index (χ0) is 19.1. The maximum Gasteiger partial charge on any atom is 0.270 e. The minimum absolute atomic E-state index is 0. The van der Waals surface area contributed by atoms with Gasteiger partial charge in [-0.2, -0.15) is 0 Å². The van der Waals surface area contributed by atoms with E-state index < -0.39 is 9.85 Å². The molecule has 150 valence electrons. The first-order valence-electron chi connectivity index (χ1n) is 7.48. The summed E-state index contributed by atoms with van der Waals surface area (Å²) in [6.45, 7) is 0.425. The Kier molecular flexibility index (Phi) is 10.1. The zero-order valence-corrected chi connectivity index (χ0v) is 16.1. The number of hydrogen-bond donors (Lipinski definition) is 2. The summed E-state index contributed by atoms with van der Waals surface area (Å²) in [5.41, 5.74) is 12.4. The minimum Gasteiger partial charge on any atom is -0.384 e. The summed E-state index contributed by atoms with van der Waals surface area (Å²) < 4.78 is 0. The number of halogens is 2. The molecule has 0 saturated carbocycles. The predicted molar refractivity (Wildman–Crippen MR) is 112 cm³/mol. The van der Waals surface area contributed by atoms with E-state index in [4.69, 9.17) is 11.5 Å². The molecule has 0 aliphatic heterocycles. The average Bonchev–Trinajstić information content (AvgIpc) is 2.65. The highest BCUT2D eigenvalue weighted by molar-refractivity contribution is 5.98. The van der Waals surface area contributed by atoms with Crippen molar-refractivity contribution in [1.29, 1.82) is 0 Å². The quantitative estimate of drug-likeness (QED) is 0.226. The first-order valence-corrected chi connectivity index (χ1v) is 7.48. The second-order valence-corrected chi connectivity index (χ2v) is 5.15. The van der Waals surface area contributed by atoms with E-state index in [0.717, 1.165) is 0 Å². The van der Waals surface area contributed by atoms with Crippen molar-refractivity contribution in [3.8, 4) is 0 Å². The van der Waals surface area contributed by atoms with Gasteiger partial charge in [-0.15, -0.1) is 24.8 Å². The standard InChI is InChI=1S/C16H16N6O4.2ClH/c17-15(11-3-1-5-13(9-11)21(23)24)19-7-8-20-16(18)12-4-2-6-14(10-12)22(25)26;;/h1-6,9-10H,7-8H2,(H2,17,19)(H2,18,20);2*1H. The number of amidine groups is 2. The summed E-state index contributed by atoms with van der Waals surface area (Å²) in [6.07, 6.45) is 0. The lowest BCUT2D eigenvalue weighted by atomic mass is 10.2. The van der Waals surface area contributed by atoms with Gasteiger partial charge in [-0.1, -0.05) is 24.3 Å². The molecule has 12 heteroatoms. The van der Waals surface area contributed by atoms with E-state index in [1.54, 1.807) is 12.1 Å². The molecule has 0 aliphatic rings. The molecule has 10 nitrogen and oxygen atoms in total. The van der Waals surface area contributed by atoms with Crippen molar-refractivity contribution in [3.05, 3.63) is 79.9 Å². The lowest BCUT2D eigenvalue weighted by molar-refractivity contribution is -0.385. The van der Waals surface area contributed by atoms with Gasteiger partial charge in [0.1, 0.15) is 11.7 Å². The number of nitro groups is 2. The van der Waals surface area contributed by atoms with Crippen molar-refractivity contribution in [2.24, 2.45) is 21.5 Å². The fourth-order valence-electron chi connectivity index (χ4n) is 2.08. The van der Waals surface area contributed by atoms with E-state index in [1.165, 1.54) is 36.4 Å². The van der Waals surface area contributed by atoms with Gasteiger partial charge in [0.25, 0.3) is 11.4 Å². The van der Waals surface area contributed by atoms with Gasteiger partial charge in [0.2, 0.25) is 0 Å². The van der Waals surface area contributed by atoms with Crippen molar-refractivity contribution in [2.45, 2.75) is 0 Å². The molecule has 4 N–H and O–H groups in total. The summed E-state index contributed by atoms with van der Waals surface area (Å²) in [7, 11) is 0. The van der Waals surface area contributed by atoms with E-state index in [-0.39, 0.29) is 60.9 Å². The van der Waals surface area contributed by atoms with Gasteiger partial charge >= 0.3 is 0 Å². The highest BCUT2D eigenvalue weighted by atomic mass is 35.5. The maximum atomic E-state index is 10.8. The molecule has 0 fully saturated rings. The monoisotopic (exact) mass is 428 g/mol. The fraction of sp³-hybridized carbons (Fsp3) is 0.125. The number of nitrogens with two attached hydrogens (primary N) is 2.